The van der Waals surface area contributed by atoms with Gasteiger partial charge in [-0.2, -0.15) is 5.10 Å². The summed E-state index contributed by atoms with van der Waals surface area (Å²) < 4.78 is 3.68. The van der Waals surface area contributed by atoms with E-state index in [1.807, 2.05) is 42.1 Å². The number of rotatable bonds is 4. The highest BCUT2D eigenvalue weighted by Gasteiger charge is 2.07. The van der Waals surface area contributed by atoms with Gasteiger partial charge in [-0.25, -0.2) is 0 Å². The minimum absolute atomic E-state index is 0.0353. The number of nitrogens with one attached hydrogen (secondary N) is 1. The van der Waals surface area contributed by atoms with Crippen molar-refractivity contribution in [3.8, 4) is 0 Å². The second kappa shape index (κ2) is 5.61. The van der Waals surface area contributed by atoms with Gasteiger partial charge < -0.3 is 9.88 Å². The van der Waals surface area contributed by atoms with Crippen molar-refractivity contribution >= 4 is 34.1 Å². The topological polar surface area (TPSA) is 51.9 Å². The second-order valence-electron chi connectivity index (χ2n) is 4.88. The maximum Gasteiger partial charge on any atom is 0.226 e. The van der Waals surface area contributed by atoms with Crippen LogP contribution in [0.5, 0.6) is 0 Å². The Morgan fingerprint density at radius 1 is 1.38 bits per heavy atom. The summed E-state index contributed by atoms with van der Waals surface area (Å²) in [5, 5.41) is 8.57. The summed E-state index contributed by atoms with van der Waals surface area (Å²) in [4.78, 5) is 11.9. The fourth-order valence-corrected chi connectivity index (χ4v) is 2.54. The molecule has 0 radical (unpaired) electrons. The Labute approximate surface area is 127 Å². The van der Waals surface area contributed by atoms with Gasteiger partial charge in [0.15, 0.2) is 0 Å². The highest BCUT2D eigenvalue weighted by atomic mass is 35.5. The van der Waals surface area contributed by atoms with Crippen LogP contribution in [0.1, 0.15) is 6.42 Å². The molecule has 1 aromatic carbocycles. The molecule has 5 nitrogen and oxygen atoms in total. The number of halogens is 1. The molecule has 0 aliphatic heterocycles. The Balaban J connectivity index is 1.66. The van der Waals surface area contributed by atoms with E-state index in [0.29, 0.717) is 18.7 Å². The Hall–Kier alpha value is -2.27. The second-order valence-corrected chi connectivity index (χ2v) is 5.29. The maximum absolute atomic E-state index is 11.9. The molecular weight excluding hydrogens is 288 g/mol. The van der Waals surface area contributed by atoms with Crippen molar-refractivity contribution in [2.24, 2.45) is 7.05 Å². The van der Waals surface area contributed by atoms with Crippen LogP contribution >= 0.6 is 11.6 Å². The van der Waals surface area contributed by atoms with Gasteiger partial charge in [0.25, 0.3) is 0 Å². The largest absolute Gasteiger partial charge is 0.347 e. The molecule has 0 saturated heterocycles. The molecule has 1 amide bonds. The van der Waals surface area contributed by atoms with Crippen molar-refractivity contribution in [1.29, 1.82) is 0 Å². The Kier molecular flexibility index (Phi) is 3.66. The number of anilines is 1. The molecule has 2 aromatic heterocycles. The van der Waals surface area contributed by atoms with Crippen LogP contribution in [0.4, 0.5) is 5.69 Å². The first kappa shape index (κ1) is 13.7. The van der Waals surface area contributed by atoms with Crippen molar-refractivity contribution in [3.63, 3.8) is 0 Å². The first-order valence-corrected chi connectivity index (χ1v) is 7.03. The first-order chi connectivity index (χ1) is 10.1. The van der Waals surface area contributed by atoms with Crippen molar-refractivity contribution in [3.05, 3.63) is 47.9 Å². The molecule has 2 heterocycles. The van der Waals surface area contributed by atoms with E-state index in [4.69, 9.17) is 11.6 Å². The summed E-state index contributed by atoms with van der Waals surface area (Å²) in [5.41, 5.74) is 1.75. The van der Waals surface area contributed by atoms with E-state index in [-0.39, 0.29) is 5.91 Å². The molecule has 0 bridgehead atoms. The lowest BCUT2D eigenvalue weighted by atomic mass is 10.2. The monoisotopic (exact) mass is 302 g/mol. The zero-order valence-corrected chi connectivity index (χ0v) is 12.3. The molecule has 3 aromatic rings. The third kappa shape index (κ3) is 2.92. The fourth-order valence-electron chi connectivity index (χ4n) is 2.31. The predicted molar refractivity (Wildman–Crippen MR) is 83.4 cm³/mol. The Morgan fingerprint density at radius 3 is 3.00 bits per heavy atom. The van der Waals surface area contributed by atoms with Gasteiger partial charge in [0.05, 0.1) is 11.9 Å². The summed E-state index contributed by atoms with van der Waals surface area (Å²) in [6, 6.07) is 7.75. The van der Waals surface area contributed by atoms with Gasteiger partial charge in [-0.15, -0.1) is 0 Å². The van der Waals surface area contributed by atoms with E-state index in [1.165, 1.54) is 0 Å². The Morgan fingerprint density at radius 2 is 2.24 bits per heavy atom. The van der Waals surface area contributed by atoms with Gasteiger partial charge in [-0.05, 0) is 18.2 Å². The number of hydrogen-bond donors (Lipinski definition) is 1. The van der Waals surface area contributed by atoms with Gasteiger partial charge in [0.2, 0.25) is 5.91 Å². The van der Waals surface area contributed by atoms with E-state index >= 15 is 0 Å². The summed E-state index contributed by atoms with van der Waals surface area (Å²) >= 11 is 6.14. The molecule has 0 aliphatic rings. The lowest BCUT2D eigenvalue weighted by Gasteiger charge is -2.06. The van der Waals surface area contributed by atoms with E-state index in [1.54, 1.807) is 17.1 Å². The van der Waals surface area contributed by atoms with E-state index in [2.05, 4.69) is 10.4 Å². The minimum Gasteiger partial charge on any atom is -0.347 e. The van der Waals surface area contributed by atoms with Crippen LogP contribution in [0.3, 0.4) is 0 Å². The minimum atomic E-state index is -0.0353. The zero-order chi connectivity index (χ0) is 14.8. The fraction of sp³-hybridized carbons (Fsp3) is 0.200. The lowest BCUT2D eigenvalue weighted by Crippen LogP contribution is -2.13. The standard InChI is InChI=1S/C15H15ClN4O/c1-19-10-11(9-17-19)18-15(21)6-8-20-7-5-12-13(16)3-2-4-14(12)20/h2-5,7,9-10H,6,8H2,1H3,(H,18,21). The number of amides is 1. The van der Waals surface area contributed by atoms with Crippen LogP contribution in [0.2, 0.25) is 5.02 Å². The lowest BCUT2D eigenvalue weighted by molar-refractivity contribution is -0.116. The molecule has 0 fully saturated rings. The molecule has 6 heteroatoms. The van der Waals surface area contributed by atoms with Crippen LogP contribution < -0.4 is 5.32 Å². The number of carbonyl (C=O) groups excluding carboxylic acids is 1. The quantitative estimate of drug-likeness (QED) is 0.805. The molecule has 108 valence electrons. The smallest absolute Gasteiger partial charge is 0.226 e. The third-order valence-corrected chi connectivity index (χ3v) is 3.66. The van der Waals surface area contributed by atoms with Gasteiger partial charge in [-0.1, -0.05) is 17.7 Å². The normalized spacial score (nSPS) is 11.0. The Bertz CT molecular complexity index is 790. The van der Waals surface area contributed by atoms with Crippen LogP contribution in [-0.4, -0.2) is 20.3 Å². The van der Waals surface area contributed by atoms with Gasteiger partial charge in [0.1, 0.15) is 0 Å². The molecule has 0 unspecified atom stereocenters. The number of fused-ring (bicyclic) bond motifs is 1. The summed E-state index contributed by atoms with van der Waals surface area (Å²) in [6.45, 7) is 0.607. The average molecular weight is 303 g/mol. The highest BCUT2D eigenvalue weighted by molar-refractivity contribution is 6.35. The van der Waals surface area contributed by atoms with Gasteiger partial charge >= 0.3 is 0 Å². The summed E-state index contributed by atoms with van der Waals surface area (Å²) in [7, 11) is 1.81. The SMILES string of the molecule is Cn1cc(NC(=O)CCn2ccc3c(Cl)cccc32)cn1. The maximum atomic E-state index is 11.9. The van der Waals surface area contributed by atoms with Crippen LogP contribution in [-0.2, 0) is 18.4 Å². The summed E-state index contributed by atoms with van der Waals surface area (Å²) in [6.07, 6.45) is 5.74. The number of hydrogen-bond acceptors (Lipinski definition) is 2. The molecule has 21 heavy (non-hydrogen) atoms. The molecular formula is C15H15ClN4O. The van der Waals surface area contributed by atoms with Gasteiger partial charge in [-0.3, -0.25) is 9.48 Å². The summed E-state index contributed by atoms with van der Waals surface area (Å²) in [5.74, 6) is -0.0353. The molecule has 0 aliphatic carbocycles. The molecule has 1 N–H and O–H groups in total. The van der Waals surface area contributed by atoms with Crippen molar-refractivity contribution < 1.29 is 4.79 Å². The molecule has 0 spiro atoms. The van der Waals surface area contributed by atoms with Crippen molar-refractivity contribution in [2.75, 3.05) is 5.32 Å². The highest BCUT2D eigenvalue weighted by Crippen LogP contribution is 2.24. The van der Waals surface area contributed by atoms with E-state index in [0.717, 1.165) is 15.9 Å². The third-order valence-electron chi connectivity index (χ3n) is 3.33. The van der Waals surface area contributed by atoms with E-state index in [9.17, 15) is 4.79 Å². The number of benzene rings is 1. The first-order valence-electron chi connectivity index (χ1n) is 6.65. The van der Waals surface area contributed by atoms with Crippen molar-refractivity contribution in [2.45, 2.75) is 13.0 Å². The number of aryl methyl sites for hydroxylation is 2. The number of nitrogens with zero attached hydrogens (tertiary/aromatic N) is 3. The molecule has 0 atom stereocenters. The van der Waals surface area contributed by atoms with Crippen LogP contribution in [0.15, 0.2) is 42.9 Å². The average Bonchev–Trinajstić information content (AvgIpc) is 3.04. The predicted octanol–water partition coefficient (Wildman–Crippen LogP) is 3.06. The van der Waals surface area contributed by atoms with Gasteiger partial charge in [0, 0.05) is 48.3 Å². The van der Waals surface area contributed by atoms with Crippen LogP contribution in [0.25, 0.3) is 10.9 Å². The molecule has 0 saturated carbocycles. The molecule has 3 rings (SSSR count). The van der Waals surface area contributed by atoms with Crippen LogP contribution in [0, 0.1) is 0 Å². The zero-order valence-electron chi connectivity index (χ0n) is 11.6. The number of aromatic nitrogens is 3. The number of carbonyl (C=O) groups is 1. The van der Waals surface area contributed by atoms with Crippen molar-refractivity contribution in [1.82, 2.24) is 14.3 Å². The van der Waals surface area contributed by atoms with E-state index < -0.39 is 0 Å².